The van der Waals surface area contributed by atoms with Crippen molar-refractivity contribution in [3.05, 3.63) is 23.6 Å². The van der Waals surface area contributed by atoms with Gasteiger partial charge < -0.3 is 9.63 Å². The number of hydrogen-bond donors (Lipinski definition) is 1. The lowest BCUT2D eigenvalue weighted by Gasteiger charge is -2.37. The molecule has 0 radical (unpaired) electrons. The van der Waals surface area contributed by atoms with E-state index in [9.17, 15) is 4.79 Å². The van der Waals surface area contributed by atoms with Crippen LogP contribution in [0.5, 0.6) is 0 Å². The fraction of sp³-hybridized carbons (Fsp3) is 0.583. The third-order valence-electron chi connectivity index (χ3n) is 3.83. The third-order valence-corrected chi connectivity index (χ3v) is 3.83. The smallest absolute Gasteiger partial charge is 0.358 e. The molecule has 0 bridgehead atoms. The van der Waals surface area contributed by atoms with Crippen molar-refractivity contribution in [2.45, 2.75) is 31.3 Å². The molecule has 0 amide bonds. The van der Waals surface area contributed by atoms with Gasteiger partial charge in [0.05, 0.1) is 18.8 Å². The molecule has 1 aliphatic heterocycles. The molecule has 2 aliphatic rings. The molecule has 3 heterocycles. The van der Waals surface area contributed by atoms with Crippen molar-refractivity contribution in [3.63, 3.8) is 0 Å². The molecule has 1 aliphatic carbocycles. The largest absolute Gasteiger partial charge is 0.476 e. The van der Waals surface area contributed by atoms with Crippen LogP contribution in [0.3, 0.4) is 0 Å². The first-order valence-corrected chi connectivity index (χ1v) is 6.89. The van der Waals surface area contributed by atoms with Crippen LogP contribution in [0.15, 0.2) is 10.7 Å². The van der Waals surface area contributed by atoms with Gasteiger partial charge in [0, 0.05) is 19.0 Å². The Morgan fingerprint density at radius 2 is 2.24 bits per heavy atom. The number of aromatic nitrogens is 5. The van der Waals surface area contributed by atoms with E-state index in [1.54, 1.807) is 4.68 Å². The average molecular weight is 290 g/mol. The maximum Gasteiger partial charge on any atom is 0.358 e. The van der Waals surface area contributed by atoms with Crippen LogP contribution in [0.2, 0.25) is 0 Å². The fourth-order valence-electron chi connectivity index (χ4n) is 2.42. The zero-order valence-corrected chi connectivity index (χ0v) is 11.2. The van der Waals surface area contributed by atoms with E-state index in [1.807, 2.05) is 0 Å². The quantitative estimate of drug-likeness (QED) is 0.836. The second-order valence-electron chi connectivity index (χ2n) is 5.56. The third kappa shape index (κ3) is 2.40. The van der Waals surface area contributed by atoms with E-state index >= 15 is 0 Å². The summed E-state index contributed by atoms with van der Waals surface area (Å²) >= 11 is 0. The summed E-state index contributed by atoms with van der Waals surface area (Å²) in [5.41, 5.74) is -0.0283. The molecule has 1 saturated heterocycles. The highest BCUT2D eigenvalue weighted by atomic mass is 16.5. The second kappa shape index (κ2) is 4.62. The molecule has 21 heavy (non-hydrogen) atoms. The van der Waals surface area contributed by atoms with E-state index in [0.717, 1.165) is 31.8 Å². The zero-order valence-electron chi connectivity index (χ0n) is 11.2. The fourth-order valence-corrected chi connectivity index (χ4v) is 2.42. The molecule has 0 spiro atoms. The number of hydrogen-bond acceptors (Lipinski definition) is 7. The van der Waals surface area contributed by atoms with Gasteiger partial charge in [0.1, 0.15) is 0 Å². The predicted octanol–water partition coefficient (Wildman–Crippen LogP) is 0.294. The van der Waals surface area contributed by atoms with Crippen molar-refractivity contribution in [2.75, 3.05) is 13.1 Å². The van der Waals surface area contributed by atoms with Gasteiger partial charge in [0.2, 0.25) is 5.89 Å². The molecule has 110 valence electrons. The Bertz CT molecular complexity index is 670. The first-order chi connectivity index (χ1) is 10.2. The van der Waals surface area contributed by atoms with Gasteiger partial charge >= 0.3 is 5.97 Å². The highest BCUT2D eigenvalue weighted by Gasteiger charge is 2.32. The number of carboxylic acids is 1. The van der Waals surface area contributed by atoms with Gasteiger partial charge in [-0.25, -0.2) is 9.48 Å². The molecular weight excluding hydrogens is 276 g/mol. The van der Waals surface area contributed by atoms with Crippen LogP contribution in [0, 0.1) is 0 Å². The topological polar surface area (TPSA) is 110 Å². The van der Waals surface area contributed by atoms with Crippen molar-refractivity contribution < 1.29 is 14.4 Å². The number of carboxylic acid groups (broad SMARTS) is 1. The first kappa shape index (κ1) is 12.5. The van der Waals surface area contributed by atoms with E-state index in [-0.39, 0.29) is 11.7 Å². The van der Waals surface area contributed by atoms with Crippen LogP contribution >= 0.6 is 0 Å². The predicted molar refractivity (Wildman–Crippen MR) is 67.6 cm³/mol. The summed E-state index contributed by atoms with van der Waals surface area (Å²) in [6, 6.07) is 0.149. The molecule has 0 aromatic carbocycles. The van der Waals surface area contributed by atoms with Gasteiger partial charge in [0.15, 0.2) is 11.5 Å². The Morgan fingerprint density at radius 3 is 2.90 bits per heavy atom. The lowest BCUT2D eigenvalue weighted by Crippen LogP contribution is -2.47. The van der Waals surface area contributed by atoms with Gasteiger partial charge in [0.25, 0.3) is 0 Å². The van der Waals surface area contributed by atoms with Gasteiger partial charge in [-0.15, -0.1) is 5.10 Å². The minimum atomic E-state index is -1.06. The normalized spacial score (nSPS) is 19.6. The number of rotatable bonds is 5. The van der Waals surface area contributed by atoms with Crippen LogP contribution in [0.1, 0.15) is 47.0 Å². The van der Waals surface area contributed by atoms with Gasteiger partial charge in [-0.3, -0.25) is 4.90 Å². The van der Waals surface area contributed by atoms with Crippen LogP contribution < -0.4 is 0 Å². The average Bonchev–Trinajstić information content (AvgIpc) is 2.98. The number of nitrogens with zero attached hydrogens (tertiary/aromatic N) is 6. The summed E-state index contributed by atoms with van der Waals surface area (Å²) < 4.78 is 6.83. The first-order valence-electron chi connectivity index (χ1n) is 6.89. The molecule has 0 unspecified atom stereocenters. The Labute approximate surface area is 119 Å². The zero-order chi connectivity index (χ0) is 14.4. The van der Waals surface area contributed by atoms with Crippen LogP contribution in [-0.2, 0) is 6.54 Å². The minimum absolute atomic E-state index is 0.0283. The van der Waals surface area contributed by atoms with Crippen molar-refractivity contribution >= 4 is 5.97 Å². The second-order valence-corrected chi connectivity index (χ2v) is 5.56. The lowest BCUT2D eigenvalue weighted by atomic mass is 10.1. The Balaban J connectivity index is 1.32. The molecule has 0 atom stereocenters. The standard InChI is InChI=1S/C12H14N6O3/c19-12(20)9-5-18(16-14-9)8-3-17(4-8)6-10-13-11(15-21-10)7-1-2-7/h5,7-8H,1-4,6H2,(H,19,20). The van der Waals surface area contributed by atoms with E-state index in [2.05, 4.69) is 25.4 Å². The van der Waals surface area contributed by atoms with Crippen LogP contribution in [0.25, 0.3) is 0 Å². The Kier molecular flexibility index (Phi) is 2.74. The van der Waals surface area contributed by atoms with E-state index < -0.39 is 5.97 Å². The maximum absolute atomic E-state index is 10.8. The highest BCUT2D eigenvalue weighted by Crippen LogP contribution is 2.38. The molecule has 2 fully saturated rings. The van der Waals surface area contributed by atoms with Gasteiger partial charge in [-0.05, 0) is 12.8 Å². The summed E-state index contributed by atoms with van der Waals surface area (Å²) in [5, 5.41) is 20.3. The monoisotopic (exact) mass is 290 g/mol. The number of likely N-dealkylation sites (tertiary alicyclic amines) is 1. The molecule has 9 nitrogen and oxygen atoms in total. The lowest BCUT2D eigenvalue weighted by molar-refractivity contribution is 0.0689. The van der Waals surface area contributed by atoms with Gasteiger partial charge in [-0.2, -0.15) is 4.98 Å². The summed E-state index contributed by atoms with van der Waals surface area (Å²) in [5.74, 6) is 0.900. The van der Waals surface area contributed by atoms with E-state index in [4.69, 9.17) is 9.63 Å². The Morgan fingerprint density at radius 1 is 1.43 bits per heavy atom. The molecular formula is C12H14N6O3. The van der Waals surface area contributed by atoms with Crippen molar-refractivity contribution in [1.82, 2.24) is 30.0 Å². The van der Waals surface area contributed by atoms with E-state index in [0.29, 0.717) is 18.4 Å². The van der Waals surface area contributed by atoms with Crippen LogP contribution in [0.4, 0.5) is 0 Å². The Hall–Kier alpha value is -2.29. The van der Waals surface area contributed by atoms with Crippen molar-refractivity contribution in [1.29, 1.82) is 0 Å². The van der Waals surface area contributed by atoms with E-state index in [1.165, 1.54) is 6.20 Å². The molecule has 1 saturated carbocycles. The maximum atomic E-state index is 10.8. The number of carbonyl (C=O) groups is 1. The van der Waals surface area contributed by atoms with Crippen molar-refractivity contribution in [2.24, 2.45) is 0 Å². The highest BCUT2D eigenvalue weighted by molar-refractivity contribution is 5.84. The molecule has 4 rings (SSSR count). The summed E-state index contributed by atoms with van der Waals surface area (Å²) in [7, 11) is 0. The minimum Gasteiger partial charge on any atom is -0.476 e. The summed E-state index contributed by atoms with van der Waals surface area (Å²) in [6.45, 7) is 2.16. The molecule has 2 aromatic rings. The van der Waals surface area contributed by atoms with Crippen LogP contribution in [-0.4, -0.2) is 54.2 Å². The number of aromatic carboxylic acids is 1. The van der Waals surface area contributed by atoms with Crippen molar-refractivity contribution in [3.8, 4) is 0 Å². The SMILES string of the molecule is O=C(O)c1cn(C2CN(Cc3nc(C4CC4)no3)C2)nn1. The molecule has 9 heteroatoms. The summed E-state index contributed by atoms with van der Waals surface area (Å²) in [4.78, 5) is 17.3. The van der Waals surface area contributed by atoms with Gasteiger partial charge in [-0.1, -0.05) is 10.4 Å². The molecule has 2 aromatic heterocycles. The summed E-state index contributed by atoms with van der Waals surface area (Å²) in [6.07, 6.45) is 3.77. The molecule has 1 N–H and O–H groups in total.